The van der Waals surface area contributed by atoms with E-state index >= 15 is 0 Å². The fourth-order valence-corrected chi connectivity index (χ4v) is 3.27. The molecule has 2 aromatic rings. The maximum absolute atomic E-state index is 13.0. The molecule has 1 aromatic carbocycles. The molecule has 0 saturated heterocycles. The number of hydrogen-bond acceptors (Lipinski definition) is 2. The average Bonchev–Trinajstić information content (AvgIpc) is 3.22. The molecule has 0 amide bonds. The van der Waals surface area contributed by atoms with Gasteiger partial charge < -0.3 is 9.88 Å². The van der Waals surface area contributed by atoms with E-state index in [9.17, 15) is 9.18 Å². The van der Waals surface area contributed by atoms with Gasteiger partial charge in [-0.3, -0.25) is 4.79 Å². The van der Waals surface area contributed by atoms with E-state index in [-0.39, 0.29) is 11.4 Å². The fraction of sp³-hybridized carbons (Fsp3) is 0.353. The summed E-state index contributed by atoms with van der Waals surface area (Å²) in [6.45, 7) is 1.72. The summed E-state index contributed by atoms with van der Waals surface area (Å²) in [6, 6.07) is 10.6. The van der Waals surface area contributed by atoms with Crippen molar-refractivity contribution >= 4 is 0 Å². The molecule has 0 spiro atoms. The molecule has 2 unspecified atom stereocenters. The van der Waals surface area contributed by atoms with E-state index in [1.54, 1.807) is 12.1 Å². The minimum atomic E-state index is -0.281. The number of nitrogens with one attached hydrogen (secondary N) is 1. The molecule has 0 radical (unpaired) electrons. The molecule has 108 valence electrons. The van der Waals surface area contributed by atoms with Crippen LogP contribution in [-0.4, -0.2) is 17.2 Å². The van der Waals surface area contributed by atoms with Gasteiger partial charge >= 0.3 is 0 Å². The van der Waals surface area contributed by atoms with Gasteiger partial charge in [-0.25, -0.2) is 4.39 Å². The maximum Gasteiger partial charge on any atom is 0.258 e. The van der Waals surface area contributed by atoms with E-state index < -0.39 is 0 Å². The van der Waals surface area contributed by atoms with Crippen LogP contribution < -0.4 is 10.9 Å². The second-order valence-corrected chi connectivity index (χ2v) is 5.89. The molecule has 4 heteroatoms. The fourth-order valence-electron chi connectivity index (χ4n) is 3.27. The number of aromatic nitrogens is 1. The molecular formula is C17H17FN2O. The Balaban J connectivity index is 1.82. The molecule has 3 nitrogen and oxygen atoms in total. The lowest BCUT2D eigenvalue weighted by Gasteiger charge is -2.18. The highest BCUT2D eigenvalue weighted by Gasteiger charge is 2.40. The number of hydrogen-bond donors (Lipinski definition) is 1. The van der Waals surface area contributed by atoms with Crippen molar-refractivity contribution in [2.24, 2.45) is 0 Å². The van der Waals surface area contributed by atoms with Crippen molar-refractivity contribution in [2.75, 3.05) is 6.54 Å². The van der Waals surface area contributed by atoms with Crippen LogP contribution in [0.2, 0.25) is 0 Å². The Morgan fingerprint density at radius 1 is 1.14 bits per heavy atom. The highest BCUT2D eigenvalue weighted by atomic mass is 19.1. The van der Waals surface area contributed by atoms with Crippen molar-refractivity contribution < 1.29 is 4.39 Å². The zero-order valence-electron chi connectivity index (χ0n) is 11.7. The van der Waals surface area contributed by atoms with Gasteiger partial charge in [0.05, 0.1) is 0 Å². The molecular weight excluding hydrogens is 267 g/mol. The highest BCUT2D eigenvalue weighted by molar-refractivity contribution is 5.62. The van der Waals surface area contributed by atoms with Crippen molar-refractivity contribution in [3.8, 4) is 11.1 Å². The van der Waals surface area contributed by atoms with Crippen LogP contribution in [-0.2, 0) is 6.54 Å². The molecule has 1 N–H and O–H groups in total. The number of nitrogens with zero attached hydrogens (tertiary/aromatic N) is 1. The van der Waals surface area contributed by atoms with Gasteiger partial charge in [-0.05, 0) is 49.2 Å². The molecule has 1 aromatic heterocycles. The average molecular weight is 284 g/mol. The lowest BCUT2D eigenvalue weighted by atomic mass is 10.1. The molecule has 1 aliphatic heterocycles. The third-order valence-corrected chi connectivity index (χ3v) is 4.50. The molecule has 21 heavy (non-hydrogen) atoms. The third-order valence-electron chi connectivity index (χ3n) is 4.50. The van der Waals surface area contributed by atoms with E-state index in [0.717, 1.165) is 37.2 Å². The molecule has 1 saturated carbocycles. The molecule has 1 fully saturated rings. The second-order valence-electron chi connectivity index (χ2n) is 5.89. The predicted octanol–water partition coefficient (Wildman–Crippen LogP) is 2.50. The number of fused-ring (bicyclic) bond motifs is 3. The lowest BCUT2D eigenvalue weighted by molar-refractivity contribution is 0.523. The normalized spacial score (nSPS) is 23.7. The first-order chi connectivity index (χ1) is 10.2. The topological polar surface area (TPSA) is 34.0 Å². The third kappa shape index (κ3) is 2.20. The minimum absolute atomic E-state index is 0.0478. The zero-order chi connectivity index (χ0) is 14.4. The van der Waals surface area contributed by atoms with Gasteiger partial charge in [-0.15, -0.1) is 0 Å². The molecule has 4 rings (SSSR count). The van der Waals surface area contributed by atoms with Crippen molar-refractivity contribution in [3.63, 3.8) is 0 Å². The Morgan fingerprint density at radius 2 is 1.95 bits per heavy atom. The molecule has 2 aliphatic rings. The van der Waals surface area contributed by atoms with E-state index in [2.05, 4.69) is 11.4 Å². The molecule has 1 aliphatic carbocycles. The SMILES string of the molecule is O=c1c(-c2ccc(F)cc2)ccc2n1CCCNC1CC21. The highest BCUT2D eigenvalue weighted by Crippen LogP contribution is 2.41. The van der Waals surface area contributed by atoms with Crippen LogP contribution in [0.15, 0.2) is 41.2 Å². The maximum atomic E-state index is 13.0. The minimum Gasteiger partial charge on any atom is -0.313 e. The van der Waals surface area contributed by atoms with Gasteiger partial charge in [-0.2, -0.15) is 0 Å². The van der Waals surface area contributed by atoms with Crippen molar-refractivity contribution in [3.05, 3.63) is 58.3 Å². The van der Waals surface area contributed by atoms with Gasteiger partial charge in [0.25, 0.3) is 5.56 Å². The molecule has 2 atom stereocenters. The van der Waals surface area contributed by atoms with Gasteiger partial charge in [-0.1, -0.05) is 12.1 Å². The van der Waals surface area contributed by atoms with Crippen LogP contribution in [0.25, 0.3) is 11.1 Å². The van der Waals surface area contributed by atoms with Crippen molar-refractivity contribution in [1.29, 1.82) is 0 Å². The number of halogens is 1. The van der Waals surface area contributed by atoms with Crippen LogP contribution in [0.3, 0.4) is 0 Å². The summed E-state index contributed by atoms with van der Waals surface area (Å²) < 4.78 is 15.0. The predicted molar refractivity (Wildman–Crippen MR) is 79.9 cm³/mol. The first-order valence-electron chi connectivity index (χ1n) is 7.47. The summed E-state index contributed by atoms with van der Waals surface area (Å²) in [5.41, 5.74) is 2.63. The van der Waals surface area contributed by atoms with Gasteiger partial charge in [0.2, 0.25) is 0 Å². The largest absolute Gasteiger partial charge is 0.313 e. The smallest absolute Gasteiger partial charge is 0.258 e. The first-order valence-corrected chi connectivity index (χ1v) is 7.47. The summed E-state index contributed by atoms with van der Waals surface area (Å²) in [7, 11) is 0. The van der Waals surface area contributed by atoms with Crippen LogP contribution in [0.5, 0.6) is 0 Å². The van der Waals surface area contributed by atoms with Crippen LogP contribution in [0.4, 0.5) is 4.39 Å². The zero-order valence-corrected chi connectivity index (χ0v) is 11.7. The lowest BCUT2D eigenvalue weighted by Crippen LogP contribution is -2.30. The summed E-state index contributed by atoms with van der Waals surface area (Å²) in [4.78, 5) is 12.8. The number of benzene rings is 1. The monoisotopic (exact) mass is 284 g/mol. The van der Waals surface area contributed by atoms with Gasteiger partial charge in [0.15, 0.2) is 0 Å². The van der Waals surface area contributed by atoms with E-state index in [1.165, 1.54) is 12.1 Å². The molecule has 0 bridgehead atoms. The Kier molecular flexibility index (Phi) is 2.93. The van der Waals surface area contributed by atoms with E-state index in [4.69, 9.17) is 0 Å². The van der Waals surface area contributed by atoms with Crippen molar-refractivity contribution in [1.82, 2.24) is 9.88 Å². The number of rotatable bonds is 1. The Bertz CT molecular complexity index is 735. The van der Waals surface area contributed by atoms with Crippen LogP contribution in [0.1, 0.15) is 24.5 Å². The van der Waals surface area contributed by atoms with Crippen molar-refractivity contribution in [2.45, 2.75) is 31.3 Å². The number of pyridine rings is 1. The molecule has 2 heterocycles. The Labute approximate surface area is 122 Å². The summed E-state index contributed by atoms with van der Waals surface area (Å²) in [6.07, 6.45) is 2.08. The van der Waals surface area contributed by atoms with Gasteiger partial charge in [0.1, 0.15) is 5.82 Å². The van der Waals surface area contributed by atoms with Crippen LogP contribution in [0, 0.1) is 5.82 Å². The second kappa shape index (κ2) is 4.81. The first kappa shape index (κ1) is 12.8. The quantitative estimate of drug-likeness (QED) is 0.873. The van der Waals surface area contributed by atoms with Gasteiger partial charge in [0, 0.05) is 29.8 Å². The standard InChI is InChI=1S/C17H17FN2O/c18-12-4-2-11(3-5-12)13-6-7-16-14-10-15(14)19-8-1-9-20(16)17(13)21/h2-7,14-15,19H,1,8-10H2. The van der Waals surface area contributed by atoms with E-state index in [0.29, 0.717) is 17.5 Å². The summed E-state index contributed by atoms with van der Waals surface area (Å²) >= 11 is 0. The summed E-state index contributed by atoms with van der Waals surface area (Å²) in [5, 5.41) is 3.51. The van der Waals surface area contributed by atoms with E-state index in [1.807, 2.05) is 10.6 Å². The van der Waals surface area contributed by atoms with Crippen LogP contribution >= 0.6 is 0 Å². The summed E-state index contributed by atoms with van der Waals surface area (Å²) in [5.74, 6) is 0.192. The Morgan fingerprint density at radius 3 is 2.76 bits per heavy atom. The Hall–Kier alpha value is -1.94.